The fraction of sp³-hybridized carbons (Fsp3) is 0.400. The molecule has 0 aliphatic heterocycles. The number of thioether (sulfide) groups is 1. The van der Waals surface area contributed by atoms with Crippen LogP contribution in [0.4, 0.5) is 4.79 Å². The van der Waals surface area contributed by atoms with Crippen molar-refractivity contribution in [2.75, 3.05) is 25.4 Å². The molecule has 0 radical (unpaired) electrons. The predicted molar refractivity (Wildman–Crippen MR) is 131 cm³/mol. The molecule has 1 heterocycles. The highest BCUT2D eigenvalue weighted by atomic mass is 32.2. The zero-order valence-electron chi connectivity index (χ0n) is 19.0. The number of nitrogens with zero attached hydrogens (tertiary/aromatic N) is 3. The third-order valence-electron chi connectivity index (χ3n) is 5.21. The third kappa shape index (κ3) is 7.53. The molecule has 2 aromatic carbocycles. The highest BCUT2D eigenvalue weighted by Crippen LogP contribution is 2.24. The van der Waals surface area contributed by atoms with E-state index in [2.05, 4.69) is 24.0 Å². The average molecular weight is 470 g/mol. The Kier molecular flexibility index (Phi) is 9.62. The van der Waals surface area contributed by atoms with Crippen molar-refractivity contribution in [2.45, 2.75) is 44.3 Å². The highest BCUT2D eigenvalue weighted by Gasteiger charge is 2.16. The summed E-state index contributed by atoms with van der Waals surface area (Å²) in [6, 6.07) is 17.6. The van der Waals surface area contributed by atoms with Gasteiger partial charge in [-0.05, 0) is 37.0 Å². The largest absolute Gasteiger partial charge is 0.480 e. The minimum atomic E-state index is -0.901. The van der Waals surface area contributed by atoms with Gasteiger partial charge in [0.25, 0.3) is 0 Å². The Hall–Kier alpha value is -3.00. The summed E-state index contributed by atoms with van der Waals surface area (Å²) in [4.78, 5) is 30.3. The molecule has 1 N–H and O–H groups in total. The van der Waals surface area contributed by atoms with Crippen LogP contribution >= 0.6 is 11.8 Å². The number of benzene rings is 2. The normalized spacial score (nSPS) is 10.9. The molecule has 0 saturated carbocycles. The zero-order valence-corrected chi connectivity index (χ0v) is 19.8. The van der Waals surface area contributed by atoms with E-state index in [4.69, 9.17) is 4.74 Å². The fourth-order valence-electron chi connectivity index (χ4n) is 3.47. The number of hydrogen-bond donors (Lipinski definition) is 1. The number of aromatic nitrogens is 2. The molecule has 0 spiro atoms. The molecule has 0 saturated heterocycles. The molecule has 0 atom stereocenters. The summed E-state index contributed by atoms with van der Waals surface area (Å²) in [5.41, 5.74) is 2.78. The van der Waals surface area contributed by atoms with Crippen LogP contribution in [0.3, 0.4) is 0 Å². The molecule has 0 unspecified atom stereocenters. The van der Waals surface area contributed by atoms with E-state index in [-0.39, 0.29) is 12.6 Å². The van der Waals surface area contributed by atoms with E-state index in [1.165, 1.54) is 17.3 Å². The lowest BCUT2D eigenvalue weighted by Gasteiger charge is -2.22. The number of carboxylic acid groups (broad SMARTS) is 1. The Bertz CT molecular complexity index is 1040. The second-order valence-corrected chi connectivity index (χ2v) is 8.82. The maximum Gasteiger partial charge on any atom is 0.409 e. The number of rotatable bonds is 13. The van der Waals surface area contributed by atoms with Crippen molar-refractivity contribution in [1.29, 1.82) is 0 Å². The van der Waals surface area contributed by atoms with Crippen LogP contribution < -0.4 is 0 Å². The number of ether oxygens (including phenoxy) is 1. The number of carbonyl (C=O) groups is 2. The maximum atomic E-state index is 12.6. The first-order valence-corrected chi connectivity index (χ1v) is 12.3. The van der Waals surface area contributed by atoms with Gasteiger partial charge >= 0.3 is 12.1 Å². The maximum absolute atomic E-state index is 12.6. The molecule has 3 aromatic rings. The van der Waals surface area contributed by atoms with Crippen LogP contribution in [-0.2, 0) is 22.5 Å². The Morgan fingerprint density at radius 1 is 1.06 bits per heavy atom. The van der Waals surface area contributed by atoms with Crippen LogP contribution in [0, 0.1) is 0 Å². The third-order valence-corrected chi connectivity index (χ3v) is 6.27. The van der Waals surface area contributed by atoms with Crippen molar-refractivity contribution in [3.63, 3.8) is 0 Å². The standard InChI is InChI=1S/C25H31N3O4S/c1-2-3-17-32-25(31)27(16-14-20-10-5-4-6-11-20)15-9-18-33-24-26-21-12-7-8-13-22(21)28(24)19-23(29)30/h4-8,10-13H,2-3,9,14-19H2,1H3,(H,29,30). The first-order valence-electron chi connectivity index (χ1n) is 11.3. The van der Waals surface area contributed by atoms with Gasteiger partial charge < -0.3 is 19.3 Å². The highest BCUT2D eigenvalue weighted by molar-refractivity contribution is 7.99. The number of fused-ring (bicyclic) bond motifs is 1. The summed E-state index contributed by atoms with van der Waals surface area (Å²) in [6.45, 7) is 3.54. The summed E-state index contributed by atoms with van der Waals surface area (Å²) in [5, 5.41) is 9.98. The second kappa shape index (κ2) is 12.9. The SMILES string of the molecule is CCCCOC(=O)N(CCCSc1nc2ccccc2n1CC(=O)O)CCc1ccccc1. The summed E-state index contributed by atoms with van der Waals surface area (Å²) in [5.74, 6) is -0.186. The lowest BCUT2D eigenvalue weighted by atomic mass is 10.1. The number of unbranched alkanes of at least 4 members (excludes halogenated alkanes) is 1. The van der Waals surface area contributed by atoms with Crippen LogP contribution in [0.1, 0.15) is 31.7 Å². The Balaban J connectivity index is 1.58. The van der Waals surface area contributed by atoms with Gasteiger partial charge in [-0.15, -0.1) is 0 Å². The van der Waals surface area contributed by atoms with E-state index in [9.17, 15) is 14.7 Å². The fourth-order valence-corrected chi connectivity index (χ4v) is 4.41. The minimum absolute atomic E-state index is 0.129. The van der Waals surface area contributed by atoms with E-state index in [0.29, 0.717) is 30.6 Å². The number of hydrogen-bond acceptors (Lipinski definition) is 5. The van der Waals surface area contributed by atoms with Gasteiger partial charge in [-0.25, -0.2) is 9.78 Å². The topological polar surface area (TPSA) is 84.7 Å². The van der Waals surface area contributed by atoms with Crippen LogP contribution in [0.5, 0.6) is 0 Å². The van der Waals surface area contributed by atoms with Crippen LogP contribution in [0.15, 0.2) is 59.8 Å². The second-order valence-electron chi connectivity index (χ2n) is 7.76. The van der Waals surface area contributed by atoms with Gasteiger partial charge in [0.15, 0.2) is 5.16 Å². The molecule has 33 heavy (non-hydrogen) atoms. The van der Waals surface area contributed by atoms with Gasteiger partial charge in [0.05, 0.1) is 17.6 Å². The summed E-state index contributed by atoms with van der Waals surface area (Å²) in [7, 11) is 0. The number of imidazole rings is 1. The molecule has 8 heteroatoms. The van der Waals surface area contributed by atoms with E-state index >= 15 is 0 Å². The van der Waals surface area contributed by atoms with Crippen molar-refractivity contribution in [3.8, 4) is 0 Å². The lowest BCUT2D eigenvalue weighted by molar-refractivity contribution is -0.137. The van der Waals surface area contributed by atoms with Crippen molar-refractivity contribution in [3.05, 3.63) is 60.2 Å². The first-order chi connectivity index (χ1) is 16.1. The smallest absolute Gasteiger partial charge is 0.409 e. The summed E-state index contributed by atoms with van der Waals surface area (Å²) in [6.07, 6.45) is 3.07. The monoisotopic (exact) mass is 469 g/mol. The summed E-state index contributed by atoms with van der Waals surface area (Å²) >= 11 is 1.51. The van der Waals surface area contributed by atoms with Gasteiger partial charge in [-0.3, -0.25) is 4.79 Å². The van der Waals surface area contributed by atoms with Crippen molar-refractivity contribution in [1.82, 2.24) is 14.5 Å². The van der Waals surface area contributed by atoms with Gasteiger partial charge in [0.2, 0.25) is 0 Å². The lowest BCUT2D eigenvalue weighted by Crippen LogP contribution is -2.34. The van der Waals surface area contributed by atoms with Gasteiger partial charge in [-0.2, -0.15) is 0 Å². The van der Waals surface area contributed by atoms with Crippen molar-refractivity contribution < 1.29 is 19.4 Å². The van der Waals surface area contributed by atoms with Crippen LogP contribution in [0.25, 0.3) is 11.0 Å². The quantitative estimate of drug-likeness (QED) is 0.277. The van der Waals surface area contributed by atoms with E-state index in [1.54, 1.807) is 9.47 Å². The van der Waals surface area contributed by atoms with Gasteiger partial charge in [0.1, 0.15) is 6.54 Å². The number of amides is 1. The average Bonchev–Trinajstić information content (AvgIpc) is 3.16. The number of carbonyl (C=O) groups excluding carboxylic acids is 1. The molecule has 0 aliphatic rings. The van der Waals surface area contributed by atoms with E-state index in [1.807, 2.05) is 42.5 Å². The molecule has 176 valence electrons. The molecule has 7 nitrogen and oxygen atoms in total. The number of para-hydroxylation sites is 2. The van der Waals surface area contributed by atoms with E-state index < -0.39 is 5.97 Å². The Morgan fingerprint density at radius 3 is 2.58 bits per heavy atom. The van der Waals surface area contributed by atoms with Crippen LogP contribution in [0.2, 0.25) is 0 Å². The minimum Gasteiger partial charge on any atom is -0.480 e. The van der Waals surface area contributed by atoms with Crippen molar-refractivity contribution in [2.24, 2.45) is 0 Å². The first kappa shape index (κ1) is 24.6. The molecule has 0 bridgehead atoms. The Labute approximate surface area is 198 Å². The zero-order chi connectivity index (χ0) is 23.5. The van der Waals surface area contributed by atoms with Crippen LogP contribution in [-0.4, -0.2) is 57.1 Å². The molecule has 0 aliphatic carbocycles. The molecule has 1 amide bonds. The Morgan fingerprint density at radius 2 is 1.82 bits per heavy atom. The molecular weight excluding hydrogens is 438 g/mol. The van der Waals surface area contributed by atoms with E-state index in [0.717, 1.165) is 36.7 Å². The molecule has 1 aromatic heterocycles. The van der Waals surface area contributed by atoms with Gasteiger partial charge in [-0.1, -0.05) is 67.6 Å². The number of carboxylic acids is 1. The number of aliphatic carboxylic acids is 1. The molecular formula is C25H31N3O4S. The predicted octanol–water partition coefficient (Wildman–Crippen LogP) is 5.08. The molecule has 3 rings (SSSR count). The molecule has 0 fully saturated rings. The van der Waals surface area contributed by atoms with Crippen molar-refractivity contribution >= 4 is 34.9 Å². The summed E-state index contributed by atoms with van der Waals surface area (Å²) < 4.78 is 7.18. The van der Waals surface area contributed by atoms with Gasteiger partial charge in [0, 0.05) is 18.8 Å².